The van der Waals surface area contributed by atoms with E-state index in [1.165, 1.54) is 37.8 Å². The van der Waals surface area contributed by atoms with Gasteiger partial charge in [0.1, 0.15) is 5.75 Å². The Kier molecular flexibility index (Phi) is 3.24. The van der Waals surface area contributed by atoms with Crippen LogP contribution in [0.25, 0.3) is 5.52 Å². The lowest BCUT2D eigenvalue weighted by Crippen LogP contribution is -2.68. The molecule has 1 atom stereocenters. The van der Waals surface area contributed by atoms with Gasteiger partial charge in [0.25, 0.3) is 0 Å². The first-order valence-electron chi connectivity index (χ1n) is 8.79. The standard InChI is InChI=1S/C19H27N3O/c1-18(2,3)17-19(12-20-17)7-4-13(5-8-19)15-11-21-22-9-6-14(23)10-16(15)22/h6,9-11,13,17,20,23H,4-5,7-8,12H2,1-3H3. The summed E-state index contributed by atoms with van der Waals surface area (Å²) in [6, 6.07) is 4.17. The van der Waals surface area contributed by atoms with Crippen LogP contribution in [0.15, 0.2) is 24.5 Å². The lowest BCUT2D eigenvalue weighted by Gasteiger charge is -2.59. The fourth-order valence-corrected chi connectivity index (χ4v) is 4.99. The third kappa shape index (κ3) is 2.35. The molecule has 4 rings (SSSR count). The topological polar surface area (TPSA) is 49.6 Å². The molecule has 1 aliphatic carbocycles. The van der Waals surface area contributed by atoms with E-state index in [1.54, 1.807) is 6.07 Å². The van der Waals surface area contributed by atoms with Crippen LogP contribution in [0.2, 0.25) is 0 Å². The highest BCUT2D eigenvalue weighted by molar-refractivity contribution is 5.58. The summed E-state index contributed by atoms with van der Waals surface area (Å²) in [5, 5.41) is 17.9. The van der Waals surface area contributed by atoms with Gasteiger partial charge in [-0.05, 0) is 48.5 Å². The molecular weight excluding hydrogens is 286 g/mol. The number of rotatable bonds is 1. The van der Waals surface area contributed by atoms with Crippen molar-refractivity contribution in [3.8, 4) is 5.75 Å². The van der Waals surface area contributed by atoms with Gasteiger partial charge in [-0.3, -0.25) is 0 Å². The number of nitrogens with one attached hydrogen (secondary N) is 1. The van der Waals surface area contributed by atoms with Crippen molar-refractivity contribution in [2.75, 3.05) is 6.54 Å². The van der Waals surface area contributed by atoms with Gasteiger partial charge in [0.05, 0.1) is 11.7 Å². The second-order valence-electron chi connectivity index (χ2n) is 8.63. The molecular formula is C19H27N3O. The number of fused-ring (bicyclic) bond motifs is 1. The van der Waals surface area contributed by atoms with Gasteiger partial charge in [-0.1, -0.05) is 20.8 Å². The van der Waals surface area contributed by atoms with E-state index in [4.69, 9.17) is 0 Å². The molecule has 2 aliphatic rings. The Balaban J connectivity index is 1.54. The van der Waals surface area contributed by atoms with Crippen molar-refractivity contribution in [2.45, 2.75) is 58.4 Å². The van der Waals surface area contributed by atoms with Crippen LogP contribution in [-0.2, 0) is 0 Å². The number of hydrogen-bond acceptors (Lipinski definition) is 3. The Morgan fingerprint density at radius 1 is 1.30 bits per heavy atom. The summed E-state index contributed by atoms with van der Waals surface area (Å²) in [5.41, 5.74) is 3.20. The van der Waals surface area contributed by atoms with Gasteiger partial charge in [0.15, 0.2) is 0 Å². The Hall–Kier alpha value is -1.55. The third-order valence-corrected chi connectivity index (χ3v) is 6.09. The molecule has 23 heavy (non-hydrogen) atoms. The van der Waals surface area contributed by atoms with Gasteiger partial charge in [-0.15, -0.1) is 0 Å². The van der Waals surface area contributed by atoms with Crippen LogP contribution < -0.4 is 5.32 Å². The summed E-state index contributed by atoms with van der Waals surface area (Å²) in [7, 11) is 0. The van der Waals surface area contributed by atoms with E-state index in [0.29, 0.717) is 28.5 Å². The van der Waals surface area contributed by atoms with Gasteiger partial charge < -0.3 is 10.4 Å². The second kappa shape index (κ2) is 4.97. The highest BCUT2D eigenvalue weighted by Crippen LogP contribution is 2.52. The Morgan fingerprint density at radius 3 is 2.65 bits per heavy atom. The van der Waals surface area contributed by atoms with Gasteiger partial charge >= 0.3 is 0 Å². The molecule has 2 aromatic rings. The van der Waals surface area contributed by atoms with E-state index in [0.717, 1.165) is 5.52 Å². The Morgan fingerprint density at radius 2 is 2.04 bits per heavy atom. The number of nitrogens with zero attached hydrogens (tertiary/aromatic N) is 2. The lowest BCUT2D eigenvalue weighted by molar-refractivity contribution is -0.0273. The van der Waals surface area contributed by atoms with Crippen LogP contribution >= 0.6 is 0 Å². The van der Waals surface area contributed by atoms with Crippen LogP contribution in [0.5, 0.6) is 5.75 Å². The maximum Gasteiger partial charge on any atom is 0.119 e. The number of pyridine rings is 1. The molecule has 2 N–H and O–H groups in total. The monoisotopic (exact) mass is 313 g/mol. The van der Waals surface area contributed by atoms with Crippen molar-refractivity contribution in [3.05, 3.63) is 30.1 Å². The molecule has 3 heterocycles. The highest BCUT2D eigenvalue weighted by atomic mass is 16.3. The minimum Gasteiger partial charge on any atom is -0.508 e. The summed E-state index contributed by atoms with van der Waals surface area (Å²) in [4.78, 5) is 0. The largest absolute Gasteiger partial charge is 0.508 e. The maximum absolute atomic E-state index is 9.78. The smallest absolute Gasteiger partial charge is 0.119 e. The van der Waals surface area contributed by atoms with Crippen LogP contribution in [-0.4, -0.2) is 27.3 Å². The average molecular weight is 313 g/mol. The van der Waals surface area contributed by atoms with E-state index in [1.807, 2.05) is 23.0 Å². The predicted molar refractivity (Wildman–Crippen MR) is 91.7 cm³/mol. The zero-order chi connectivity index (χ0) is 16.2. The minimum absolute atomic E-state index is 0.322. The van der Waals surface area contributed by atoms with E-state index in [2.05, 4.69) is 31.2 Å². The quantitative estimate of drug-likeness (QED) is 0.844. The minimum atomic E-state index is 0.322. The van der Waals surface area contributed by atoms with Gasteiger partial charge in [0, 0.05) is 30.4 Å². The van der Waals surface area contributed by atoms with Gasteiger partial charge in [-0.2, -0.15) is 5.10 Å². The predicted octanol–water partition coefficient (Wildman–Crippen LogP) is 3.70. The molecule has 1 spiro atoms. The van der Waals surface area contributed by atoms with Gasteiger partial charge in [-0.25, -0.2) is 4.52 Å². The molecule has 4 nitrogen and oxygen atoms in total. The van der Waals surface area contributed by atoms with Crippen molar-refractivity contribution in [2.24, 2.45) is 10.8 Å². The first kappa shape index (κ1) is 15.0. The zero-order valence-electron chi connectivity index (χ0n) is 14.3. The summed E-state index contributed by atoms with van der Waals surface area (Å²) >= 11 is 0. The van der Waals surface area contributed by atoms with Crippen LogP contribution in [0, 0.1) is 10.8 Å². The highest BCUT2D eigenvalue weighted by Gasteiger charge is 2.52. The fourth-order valence-electron chi connectivity index (χ4n) is 4.99. The normalized spacial score (nSPS) is 31.4. The summed E-state index contributed by atoms with van der Waals surface area (Å²) in [6.07, 6.45) is 8.88. The SMILES string of the molecule is CC(C)(C)C1NCC12CCC(c1cnn3ccc(O)cc13)CC2. The van der Waals surface area contributed by atoms with Crippen molar-refractivity contribution in [1.29, 1.82) is 0 Å². The third-order valence-electron chi connectivity index (χ3n) is 6.09. The van der Waals surface area contributed by atoms with Crippen molar-refractivity contribution >= 4 is 5.52 Å². The Bertz CT molecular complexity index is 720. The van der Waals surface area contributed by atoms with Crippen LogP contribution in [0.1, 0.15) is 57.9 Å². The molecule has 2 fully saturated rings. The molecule has 0 amide bonds. The second-order valence-corrected chi connectivity index (χ2v) is 8.63. The first-order chi connectivity index (χ1) is 10.9. The van der Waals surface area contributed by atoms with Crippen molar-refractivity contribution in [1.82, 2.24) is 14.9 Å². The van der Waals surface area contributed by atoms with Gasteiger partial charge in [0.2, 0.25) is 0 Å². The lowest BCUT2D eigenvalue weighted by atomic mass is 9.56. The average Bonchev–Trinajstić information content (AvgIpc) is 2.87. The summed E-state index contributed by atoms with van der Waals surface area (Å²) in [6.45, 7) is 8.24. The summed E-state index contributed by atoms with van der Waals surface area (Å²) < 4.78 is 1.88. The molecule has 4 heteroatoms. The van der Waals surface area contributed by atoms with Crippen molar-refractivity contribution < 1.29 is 5.11 Å². The zero-order valence-corrected chi connectivity index (χ0v) is 14.3. The molecule has 2 aromatic heterocycles. The van der Waals surface area contributed by atoms with Crippen molar-refractivity contribution in [3.63, 3.8) is 0 Å². The fraction of sp³-hybridized carbons (Fsp3) is 0.632. The molecule has 124 valence electrons. The summed E-state index contributed by atoms with van der Waals surface area (Å²) in [5.74, 6) is 0.892. The van der Waals surface area contributed by atoms with E-state index in [9.17, 15) is 5.11 Å². The molecule has 1 aliphatic heterocycles. The molecule has 1 unspecified atom stereocenters. The number of aromatic hydroxyl groups is 1. The molecule has 1 saturated carbocycles. The molecule has 0 aromatic carbocycles. The Labute approximate surface area is 137 Å². The van der Waals surface area contributed by atoms with Crippen LogP contribution in [0.4, 0.5) is 0 Å². The number of aromatic nitrogens is 2. The first-order valence-corrected chi connectivity index (χ1v) is 8.79. The van der Waals surface area contributed by atoms with E-state index < -0.39 is 0 Å². The molecule has 1 saturated heterocycles. The van der Waals surface area contributed by atoms with E-state index in [-0.39, 0.29) is 0 Å². The molecule has 0 bridgehead atoms. The number of hydrogen-bond donors (Lipinski definition) is 2. The maximum atomic E-state index is 9.78. The molecule has 0 radical (unpaired) electrons. The van der Waals surface area contributed by atoms with Crippen LogP contribution in [0.3, 0.4) is 0 Å². The van der Waals surface area contributed by atoms with E-state index >= 15 is 0 Å².